The summed E-state index contributed by atoms with van der Waals surface area (Å²) in [7, 11) is 0. The maximum absolute atomic E-state index is 6.32. The monoisotopic (exact) mass is 346 g/mol. The van der Waals surface area contributed by atoms with Gasteiger partial charge in [0.05, 0.1) is 11.6 Å². The third kappa shape index (κ3) is 5.96. The molecule has 0 aromatic heterocycles. The minimum absolute atomic E-state index is 0. The van der Waals surface area contributed by atoms with Gasteiger partial charge in [0.25, 0.3) is 0 Å². The molecule has 1 N–H and O–H groups in total. The SMILES string of the molecule is CC(C)(C)c1ccc(OCCCN2CCNCC2)c(Cl)c1.Cl. The highest BCUT2D eigenvalue weighted by Gasteiger charge is 2.15. The van der Waals surface area contributed by atoms with Gasteiger partial charge in [0.2, 0.25) is 0 Å². The molecule has 0 atom stereocenters. The van der Waals surface area contributed by atoms with Crippen molar-refractivity contribution in [2.45, 2.75) is 32.6 Å². The van der Waals surface area contributed by atoms with E-state index in [0.29, 0.717) is 5.02 Å². The van der Waals surface area contributed by atoms with Gasteiger partial charge in [-0.2, -0.15) is 0 Å². The fourth-order valence-corrected chi connectivity index (χ4v) is 2.72. The second-order valence-electron chi connectivity index (χ2n) is 6.69. The number of nitrogens with one attached hydrogen (secondary N) is 1. The lowest BCUT2D eigenvalue weighted by molar-refractivity contribution is 0.214. The zero-order valence-corrected chi connectivity index (χ0v) is 15.4. The normalized spacial score (nSPS) is 16.2. The lowest BCUT2D eigenvalue weighted by atomic mass is 9.87. The number of halogens is 2. The second kappa shape index (κ2) is 8.97. The van der Waals surface area contributed by atoms with Gasteiger partial charge in [0, 0.05) is 32.7 Å². The standard InChI is InChI=1S/C17H27ClN2O.ClH/c1-17(2,3)14-5-6-16(15(18)13-14)21-12-4-9-20-10-7-19-8-11-20;/h5-6,13,19H,4,7-12H2,1-3H3;1H. The molecular weight excluding hydrogens is 319 g/mol. The predicted molar refractivity (Wildman–Crippen MR) is 96.8 cm³/mol. The van der Waals surface area contributed by atoms with E-state index in [-0.39, 0.29) is 17.8 Å². The van der Waals surface area contributed by atoms with E-state index in [4.69, 9.17) is 16.3 Å². The summed E-state index contributed by atoms with van der Waals surface area (Å²) in [6.45, 7) is 12.9. The largest absolute Gasteiger partial charge is 0.492 e. The van der Waals surface area contributed by atoms with Crippen LogP contribution in [0.3, 0.4) is 0 Å². The Kier molecular flexibility index (Phi) is 7.98. The number of piperazine rings is 1. The molecule has 1 saturated heterocycles. The third-order valence-electron chi connectivity index (χ3n) is 3.88. The van der Waals surface area contributed by atoms with Gasteiger partial charge in [0.1, 0.15) is 5.75 Å². The summed E-state index contributed by atoms with van der Waals surface area (Å²) in [5.41, 5.74) is 1.35. The highest BCUT2D eigenvalue weighted by Crippen LogP contribution is 2.31. The summed E-state index contributed by atoms with van der Waals surface area (Å²) in [6.07, 6.45) is 1.04. The Hall–Kier alpha value is -0.480. The van der Waals surface area contributed by atoms with Crippen LogP contribution in [0.1, 0.15) is 32.8 Å². The average Bonchev–Trinajstić information content (AvgIpc) is 2.45. The molecule has 3 nitrogen and oxygen atoms in total. The zero-order valence-electron chi connectivity index (χ0n) is 13.8. The summed E-state index contributed by atoms with van der Waals surface area (Å²) in [5, 5.41) is 4.08. The molecule has 0 aliphatic carbocycles. The van der Waals surface area contributed by atoms with Crippen LogP contribution in [0.5, 0.6) is 5.75 Å². The Bertz CT molecular complexity index is 454. The zero-order chi connectivity index (χ0) is 15.3. The van der Waals surface area contributed by atoms with Crippen molar-refractivity contribution in [1.82, 2.24) is 10.2 Å². The number of benzene rings is 1. The van der Waals surface area contributed by atoms with Gasteiger partial charge in [-0.3, -0.25) is 0 Å². The van der Waals surface area contributed by atoms with Gasteiger partial charge in [-0.05, 0) is 29.5 Å². The van der Waals surface area contributed by atoms with Crippen LogP contribution in [0.4, 0.5) is 0 Å². The minimum Gasteiger partial charge on any atom is -0.492 e. The predicted octanol–water partition coefficient (Wildman–Crippen LogP) is 3.73. The Morgan fingerprint density at radius 1 is 1.23 bits per heavy atom. The van der Waals surface area contributed by atoms with Crippen LogP contribution >= 0.6 is 24.0 Å². The minimum atomic E-state index is 0. The molecule has 0 bridgehead atoms. The van der Waals surface area contributed by atoms with Crippen LogP contribution in [0.25, 0.3) is 0 Å². The Morgan fingerprint density at radius 2 is 1.91 bits per heavy atom. The second-order valence-corrected chi connectivity index (χ2v) is 7.10. The van der Waals surface area contributed by atoms with Gasteiger partial charge >= 0.3 is 0 Å². The van der Waals surface area contributed by atoms with E-state index in [1.807, 2.05) is 12.1 Å². The maximum atomic E-state index is 6.32. The van der Waals surface area contributed by atoms with Gasteiger partial charge < -0.3 is 15.0 Å². The van der Waals surface area contributed by atoms with Crippen molar-refractivity contribution in [1.29, 1.82) is 0 Å². The average molecular weight is 347 g/mol. The van der Waals surface area contributed by atoms with Crippen LogP contribution in [0, 0.1) is 0 Å². The molecule has 1 heterocycles. The van der Waals surface area contributed by atoms with Crippen molar-refractivity contribution in [3.63, 3.8) is 0 Å². The van der Waals surface area contributed by atoms with E-state index >= 15 is 0 Å². The molecule has 22 heavy (non-hydrogen) atoms. The third-order valence-corrected chi connectivity index (χ3v) is 4.18. The van der Waals surface area contributed by atoms with Crippen LogP contribution in [0.2, 0.25) is 5.02 Å². The lowest BCUT2D eigenvalue weighted by Gasteiger charge is -2.27. The van der Waals surface area contributed by atoms with Crippen molar-refractivity contribution in [3.05, 3.63) is 28.8 Å². The van der Waals surface area contributed by atoms with Crippen LogP contribution in [-0.2, 0) is 5.41 Å². The molecule has 126 valence electrons. The van der Waals surface area contributed by atoms with Crippen LogP contribution < -0.4 is 10.1 Å². The molecule has 1 aromatic rings. The molecule has 0 spiro atoms. The molecule has 1 fully saturated rings. The van der Waals surface area contributed by atoms with Crippen molar-refractivity contribution >= 4 is 24.0 Å². The summed E-state index contributed by atoms with van der Waals surface area (Å²) in [5.74, 6) is 0.796. The molecule has 1 aromatic carbocycles. The van der Waals surface area contributed by atoms with Crippen LogP contribution in [0.15, 0.2) is 18.2 Å². The molecule has 5 heteroatoms. The van der Waals surface area contributed by atoms with E-state index in [1.165, 1.54) is 5.56 Å². The lowest BCUT2D eigenvalue weighted by Crippen LogP contribution is -2.43. The number of ether oxygens (including phenoxy) is 1. The topological polar surface area (TPSA) is 24.5 Å². The highest BCUT2D eigenvalue weighted by atomic mass is 35.5. The van der Waals surface area contributed by atoms with Crippen molar-refractivity contribution in [2.24, 2.45) is 0 Å². The summed E-state index contributed by atoms with van der Waals surface area (Å²) < 4.78 is 5.82. The molecule has 1 aliphatic rings. The first-order valence-corrected chi connectivity index (χ1v) is 8.20. The van der Waals surface area contributed by atoms with Crippen molar-refractivity contribution in [2.75, 3.05) is 39.3 Å². The van der Waals surface area contributed by atoms with Crippen molar-refractivity contribution < 1.29 is 4.74 Å². The molecular formula is C17H28Cl2N2O. The summed E-state index contributed by atoms with van der Waals surface area (Å²) >= 11 is 6.32. The highest BCUT2D eigenvalue weighted by molar-refractivity contribution is 6.32. The van der Waals surface area contributed by atoms with E-state index < -0.39 is 0 Å². The first kappa shape index (κ1) is 19.6. The molecule has 0 unspecified atom stereocenters. The van der Waals surface area contributed by atoms with E-state index in [0.717, 1.165) is 51.5 Å². The fourth-order valence-electron chi connectivity index (χ4n) is 2.49. The molecule has 0 amide bonds. The summed E-state index contributed by atoms with van der Waals surface area (Å²) in [6, 6.07) is 6.12. The van der Waals surface area contributed by atoms with E-state index in [1.54, 1.807) is 0 Å². The smallest absolute Gasteiger partial charge is 0.137 e. The number of nitrogens with zero attached hydrogens (tertiary/aromatic N) is 1. The van der Waals surface area contributed by atoms with Crippen molar-refractivity contribution in [3.8, 4) is 5.75 Å². The van der Waals surface area contributed by atoms with Gasteiger partial charge in [-0.1, -0.05) is 38.4 Å². The molecule has 0 radical (unpaired) electrons. The molecule has 2 rings (SSSR count). The Labute approximate surface area is 145 Å². The number of hydrogen-bond donors (Lipinski definition) is 1. The molecule has 0 saturated carbocycles. The van der Waals surface area contributed by atoms with Gasteiger partial charge in [-0.25, -0.2) is 0 Å². The van der Waals surface area contributed by atoms with Gasteiger partial charge in [0.15, 0.2) is 0 Å². The number of rotatable bonds is 5. The Morgan fingerprint density at radius 3 is 2.50 bits per heavy atom. The van der Waals surface area contributed by atoms with Crippen LogP contribution in [-0.4, -0.2) is 44.2 Å². The fraction of sp³-hybridized carbons (Fsp3) is 0.647. The molecule has 1 aliphatic heterocycles. The first-order chi connectivity index (χ1) is 9.97. The maximum Gasteiger partial charge on any atom is 0.137 e. The first-order valence-electron chi connectivity index (χ1n) is 7.83. The Balaban J connectivity index is 0.00000242. The quantitative estimate of drug-likeness (QED) is 0.822. The number of hydrogen-bond acceptors (Lipinski definition) is 3. The van der Waals surface area contributed by atoms with Gasteiger partial charge in [-0.15, -0.1) is 12.4 Å². The van der Waals surface area contributed by atoms with E-state index in [2.05, 4.69) is 37.1 Å². The summed E-state index contributed by atoms with van der Waals surface area (Å²) in [4.78, 5) is 2.48. The van der Waals surface area contributed by atoms with E-state index in [9.17, 15) is 0 Å².